The number of hydrogen-bond acceptors (Lipinski definition) is 9. The van der Waals surface area contributed by atoms with Crippen LogP contribution < -0.4 is 15.4 Å². The van der Waals surface area contributed by atoms with Crippen LogP contribution in [0.2, 0.25) is 0 Å². The number of ether oxygens (including phenoxy) is 2. The van der Waals surface area contributed by atoms with Crippen molar-refractivity contribution in [3.8, 4) is 5.75 Å². The van der Waals surface area contributed by atoms with E-state index in [1.165, 1.54) is 23.1 Å². The Bertz CT molecular complexity index is 1560. The highest BCUT2D eigenvalue weighted by atomic mass is 32.2. The van der Waals surface area contributed by atoms with Crippen LogP contribution in [0.3, 0.4) is 0 Å². The lowest BCUT2D eigenvalue weighted by molar-refractivity contribution is -0.123. The fraction of sp³-hybridized carbons (Fsp3) is 0.323. The van der Waals surface area contributed by atoms with E-state index >= 15 is 0 Å². The molecule has 0 radical (unpaired) electrons. The summed E-state index contributed by atoms with van der Waals surface area (Å²) < 4.78 is 12.7. The van der Waals surface area contributed by atoms with E-state index in [9.17, 15) is 14.4 Å². The van der Waals surface area contributed by atoms with Gasteiger partial charge in [-0.3, -0.25) is 9.59 Å². The number of nitrogens with one attached hydrogen (secondary N) is 2. The number of carbonyl (C=O) groups excluding carboxylic acids is 3. The molecule has 0 spiro atoms. The van der Waals surface area contributed by atoms with E-state index in [0.29, 0.717) is 33.8 Å². The number of anilines is 1. The summed E-state index contributed by atoms with van der Waals surface area (Å²) in [5.74, 6) is 0.288. The molecule has 2 aromatic heterocycles. The number of rotatable bonds is 13. The minimum Gasteiger partial charge on any atom is -0.484 e. The van der Waals surface area contributed by atoms with E-state index < -0.39 is 5.97 Å². The Morgan fingerprint density at radius 1 is 0.977 bits per heavy atom. The van der Waals surface area contributed by atoms with Gasteiger partial charge >= 0.3 is 5.97 Å². The third kappa shape index (κ3) is 8.02. The Kier molecular flexibility index (Phi) is 10.5. The molecule has 43 heavy (non-hydrogen) atoms. The molecule has 0 saturated heterocycles. The van der Waals surface area contributed by atoms with Crippen molar-refractivity contribution < 1.29 is 23.9 Å². The molecule has 5 rings (SSSR count). The molecule has 2 aromatic carbocycles. The van der Waals surface area contributed by atoms with Gasteiger partial charge in [-0.15, -0.1) is 21.5 Å². The van der Waals surface area contributed by atoms with Gasteiger partial charge in [0.25, 0.3) is 5.91 Å². The van der Waals surface area contributed by atoms with Crippen LogP contribution in [-0.2, 0) is 40.3 Å². The van der Waals surface area contributed by atoms with Gasteiger partial charge in [0, 0.05) is 4.88 Å². The van der Waals surface area contributed by atoms with Gasteiger partial charge in [-0.2, -0.15) is 0 Å². The molecule has 0 atom stereocenters. The normalized spacial score (nSPS) is 12.3. The van der Waals surface area contributed by atoms with E-state index in [1.54, 1.807) is 19.1 Å². The minimum absolute atomic E-state index is 0.0645. The van der Waals surface area contributed by atoms with Crippen molar-refractivity contribution in [3.05, 3.63) is 88.1 Å². The first kappa shape index (κ1) is 30.3. The topological polar surface area (TPSA) is 124 Å². The number of aromatic nitrogens is 3. The Balaban J connectivity index is 1.25. The van der Waals surface area contributed by atoms with Crippen molar-refractivity contribution in [2.45, 2.75) is 50.9 Å². The Morgan fingerprint density at radius 3 is 2.49 bits per heavy atom. The largest absolute Gasteiger partial charge is 0.484 e. The zero-order chi connectivity index (χ0) is 30.0. The number of thiophene rings is 1. The van der Waals surface area contributed by atoms with Crippen molar-refractivity contribution in [2.24, 2.45) is 0 Å². The van der Waals surface area contributed by atoms with Crippen molar-refractivity contribution in [3.63, 3.8) is 0 Å². The molecular weight excluding hydrogens is 587 g/mol. The van der Waals surface area contributed by atoms with E-state index in [4.69, 9.17) is 9.47 Å². The lowest BCUT2D eigenvalue weighted by atomic mass is 9.95. The van der Waals surface area contributed by atoms with Crippen LogP contribution in [-0.4, -0.2) is 51.5 Å². The van der Waals surface area contributed by atoms with Crippen molar-refractivity contribution in [1.82, 2.24) is 20.1 Å². The Hall–Kier alpha value is -4.16. The molecule has 0 bridgehead atoms. The highest BCUT2D eigenvalue weighted by molar-refractivity contribution is 7.99. The maximum Gasteiger partial charge on any atom is 0.341 e. The van der Waals surface area contributed by atoms with E-state index in [2.05, 4.69) is 20.8 Å². The van der Waals surface area contributed by atoms with Crippen LogP contribution in [0.25, 0.3) is 0 Å². The second kappa shape index (κ2) is 14.8. The number of thioether (sulfide) groups is 1. The minimum atomic E-state index is -0.395. The Morgan fingerprint density at radius 2 is 1.72 bits per heavy atom. The molecule has 4 aromatic rings. The monoisotopic (exact) mass is 619 g/mol. The second-order valence-corrected chi connectivity index (χ2v) is 11.9. The maximum atomic E-state index is 13.1. The Labute approximate surface area is 258 Å². The molecule has 0 unspecified atom stereocenters. The summed E-state index contributed by atoms with van der Waals surface area (Å²) in [6.45, 7) is 2.53. The van der Waals surface area contributed by atoms with E-state index in [1.807, 2.05) is 53.1 Å². The van der Waals surface area contributed by atoms with Crippen LogP contribution in [0.5, 0.6) is 5.75 Å². The van der Waals surface area contributed by atoms with Gasteiger partial charge < -0.3 is 24.7 Å². The number of nitrogens with zero attached hydrogens (tertiary/aromatic N) is 3. The number of hydrogen-bond donors (Lipinski definition) is 2. The average Bonchev–Trinajstić information content (AvgIpc) is 3.59. The number of esters is 1. The van der Waals surface area contributed by atoms with Gasteiger partial charge in [0.05, 0.1) is 31.0 Å². The molecule has 1 aliphatic carbocycles. The average molecular weight is 620 g/mol. The van der Waals surface area contributed by atoms with Gasteiger partial charge in [-0.25, -0.2) is 4.79 Å². The number of amides is 2. The summed E-state index contributed by atoms with van der Waals surface area (Å²) in [4.78, 5) is 39.5. The van der Waals surface area contributed by atoms with Gasteiger partial charge in [-0.05, 0) is 55.9 Å². The van der Waals surface area contributed by atoms with Crippen LogP contribution >= 0.6 is 23.1 Å². The van der Waals surface area contributed by atoms with Crippen LogP contribution in [0.4, 0.5) is 5.00 Å². The molecule has 224 valence electrons. The summed E-state index contributed by atoms with van der Waals surface area (Å²) in [6.07, 6.45) is 3.79. The zero-order valence-corrected chi connectivity index (χ0v) is 25.5. The lowest BCUT2D eigenvalue weighted by Crippen LogP contribution is -2.29. The van der Waals surface area contributed by atoms with Crippen molar-refractivity contribution in [1.29, 1.82) is 0 Å². The number of fused-ring (bicyclic) bond motifs is 1. The molecule has 0 aliphatic heterocycles. The van der Waals surface area contributed by atoms with Gasteiger partial charge in [-0.1, -0.05) is 60.3 Å². The highest BCUT2D eigenvalue weighted by Crippen LogP contribution is 2.38. The van der Waals surface area contributed by atoms with Gasteiger partial charge in [0.15, 0.2) is 17.6 Å². The van der Waals surface area contributed by atoms with Crippen LogP contribution in [0.15, 0.2) is 65.8 Å². The predicted octanol–water partition coefficient (Wildman–Crippen LogP) is 4.87. The lowest BCUT2D eigenvalue weighted by Gasteiger charge is -2.12. The summed E-state index contributed by atoms with van der Waals surface area (Å²) in [7, 11) is 0. The fourth-order valence-corrected chi connectivity index (χ4v) is 6.79. The molecule has 1 aliphatic rings. The number of para-hydroxylation sites is 1. The van der Waals surface area contributed by atoms with Crippen molar-refractivity contribution in [2.75, 3.05) is 24.3 Å². The SMILES string of the molecule is CCOC(=O)c1c(NC(=O)CSc2nnc(CNC(=O)COc3ccccc3)n2Cc2ccccc2)sc2c1CCCC2. The standard InChI is InChI=1S/C31H33N5O5S2/c1-2-40-30(39)28-23-15-9-10-16-24(23)43-29(28)33-27(38)20-42-31-35-34-25(36(31)18-21-11-5-3-6-12-21)17-32-26(37)19-41-22-13-7-4-8-14-22/h3-8,11-14H,2,9-10,15-20H2,1H3,(H,32,37)(H,33,38). The number of aryl methyl sites for hydroxylation is 1. The first-order valence-electron chi connectivity index (χ1n) is 14.2. The highest BCUT2D eigenvalue weighted by Gasteiger charge is 2.27. The summed E-state index contributed by atoms with van der Waals surface area (Å²) in [6, 6.07) is 18.9. The summed E-state index contributed by atoms with van der Waals surface area (Å²) >= 11 is 2.71. The number of benzene rings is 2. The molecule has 0 saturated carbocycles. The zero-order valence-electron chi connectivity index (χ0n) is 23.8. The first-order valence-corrected chi connectivity index (χ1v) is 16.0. The third-order valence-corrected chi connectivity index (χ3v) is 8.94. The molecule has 2 heterocycles. The smallest absolute Gasteiger partial charge is 0.341 e. The van der Waals surface area contributed by atoms with Gasteiger partial charge in [0.2, 0.25) is 5.91 Å². The van der Waals surface area contributed by atoms with Crippen LogP contribution in [0.1, 0.15) is 52.0 Å². The molecular formula is C31H33N5O5S2. The fourth-order valence-electron chi connectivity index (χ4n) is 4.74. The van der Waals surface area contributed by atoms with E-state index in [0.717, 1.165) is 41.7 Å². The molecule has 12 heteroatoms. The first-order chi connectivity index (χ1) is 21.0. The quantitative estimate of drug-likeness (QED) is 0.161. The molecule has 2 N–H and O–H groups in total. The second-order valence-electron chi connectivity index (χ2n) is 9.82. The van der Waals surface area contributed by atoms with Crippen LogP contribution in [0, 0.1) is 0 Å². The molecule has 0 fully saturated rings. The summed E-state index contributed by atoms with van der Waals surface area (Å²) in [5, 5.41) is 15.5. The molecule has 2 amide bonds. The van der Waals surface area contributed by atoms with Crippen molar-refractivity contribution >= 4 is 45.9 Å². The summed E-state index contributed by atoms with van der Waals surface area (Å²) in [5.41, 5.74) is 2.51. The molecule has 10 nitrogen and oxygen atoms in total. The van der Waals surface area contributed by atoms with Gasteiger partial charge in [0.1, 0.15) is 10.8 Å². The van der Waals surface area contributed by atoms with E-state index in [-0.39, 0.29) is 37.3 Å². The maximum absolute atomic E-state index is 13.1. The number of carbonyl (C=O) groups is 3. The third-order valence-electron chi connectivity index (χ3n) is 6.77. The predicted molar refractivity (Wildman–Crippen MR) is 166 cm³/mol.